The van der Waals surface area contributed by atoms with Gasteiger partial charge >= 0.3 is 6.18 Å². The van der Waals surface area contributed by atoms with Crippen LogP contribution in [0.4, 0.5) is 18.3 Å². The number of nitrogens with zero attached hydrogens (tertiary/aromatic N) is 3. The maximum atomic E-state index is 12.0. The van der Waals surface area contributed by atoms with E-state index < -0.39 is 12.8 Å². The van der Waals surface area contributed by atoms with Crippen molar-refractivity contribution >= 4 is 16.5 Å². The van der Waals surface area contributed by atoms with Crippen LogP contribution in [0.1, 0.15) is 12.6 Å². The molecule has 1 aliphatic rings. The zero-order chi connectivity index (χ0) is 15.5. The zero-order valence-electron chi connectivity index (χ0n) is 12.2. The van der Waals surface area contributed by atoms with Crippen molar-refractivity contribution in [2.75, 3.05) is 44.3 Å². The standard InChI is InChI=1S/C13H20F3N3OS/c1-10-8-21-12(17-10)19-4-3-18(7-11(19)2)5-6-20-9-13(14,15)16/h8,11H,3-7,9H2,1-2H3. The monoisotopic (exact) mass is 323 g/mol. The molecule has 2 heterocycles. The van der Waals surface area contributed by atoms with Crippen molar-refractivity contribution in [2.24, 2.45) is 0 Å². The molecule has 1 aromatic heterocycles. The quantitative estimate of drug-likeness (QED) is 0.779. The third kappa shape index (κ3) is 5.12. The summed E-state index contributed by atoms with van der Waals surface area (Å²) in [5.41, 5.74) is 1.02. The number of aromatic nitrogens is 1. The van der Waals surface area contributed by atoms with Gasteiger partial charge in [-0.1, -0.05) is 0 Å². The summed E-state index contributed by atoms with van der Waals surface area (Å²) in [7, 11) is 0. The van der Waals surface area contributed by atoms with Crippen LogP contribution in [-0.4, -0.2) is 61.5 Å². The van der Waals surface area contributed by atoms with Gasteiger partial charge in [-0.15, -0.1) is 11.3 Å². The number of halogens is 3. The summed E-state index contributed by atoms with van der Waals surface area (Å²) in [5, 5.41) is 3.05. The molecule has 21 heavy (non-hydrogen) atoms. The van der Waals surface area contributed by atoms with E-state index in [0.29, 0.717) is 12.6 Å². The highest BCUT2D eigenvalue weighted by atomic mass is 32.1. The summed E-state index contributed by atoms with van der Waals surface area (Å²) in [6.45, 7) is 6.03. The Morgan fingerprint density at radius 2 is 2.19 bits per heavy atom. The Bertz CT molecular complexity index is 452. The molecule has 4 nitrogen and oxygen atoms in total. The maximum absolute atomic E-state index is 12.0. The van der Waals surface area contributed by atoms with Gasteiger partial charge in [-0.2, -0.15) is 13.2 Å². The number of hydrogen-bond acceptors (Lipinski definition) is 5. The predicted octanol–water partition coefficient (Wildman–Crippen LogP) is 2.54. The van der Waals surface area contributed by atoms with Crippen LogP contribution in [0.2, 0.25) is 0 Å². The molecule has 1 saturated heterocycles. The average Bonchev–Trinajstić information content (AvgIpc) is 2.80. The summed E-state index contributed by atoms with van der Waals surface area (Å²) in [5.74, 6) is 0. The lowest BCUT2D eigenvalue weighted by Crippen LogP contribution is -2.52. The average molecular weight is 323 g/mol. The number of aryl methyl sites for hydroxylation is 1. The molecule has 1 fully saturated rings. The van der Waals surface area contributed by atoms with Crippen molar-refractivity contribution < 1.29 is 17.9 Å². The summed E-state index contributed by atoms with van der Waals surface area (Å²) < 4.78 is 40.6. The molecule has 0 aliphatic carbocycles. The Morgan fingerprint density at radius 3 is 2.76 bits per heavy atom. The number of rotatable bonds is 5. The summed E-state index contributed by atoms with van der Waals surface area (Å²) in [6, 6.07) is 0.298. The molecule has 0 spiro atoms. The number of thiazole rings is 1. The van der Waals surface area contributed by atoms with Crippen LogP contribution in [0, 0.1) is 6.92 Å². The third-order valence-electron chi connectivity index (χ3n) is 3.38. The van der Waals surface area contributed by atoms with Crippen LogP contribution in [0.5, 0.6) is 0 Å². The molecule has 2 rings (SSSR count). The molecule has 0 N–H and O–H groups in total. The Balaban J connectivity index is 1.73. The van der Waals surface area contributed by atoms with Crippen LogP contribution >= 0.6 is 11.3 Å². The van der Waals surface area contributed by atoms with Crippen molar-refractivity contribution in [1.29, 1.82) is 0 Å². The van der Waals surface area contributed by atoms with Crippen molar-refractivity contribution in [3.05, 3.63) is 11.1 Å². The van der Waals surface area contributed by atoms with Crippen molar-refractivity contribution in [1.82, 2.24) is 9.88 Å². The molecular formula is C13H20F3N3OS. The number of alkyl halides is 3. The second kappa shape index (κ2) is 6.93. The van der Waals surface area contributed by atoms with Crippen LogP contribution in [-0.2, 0) is 4.74 Å². The fourth-order valence-electron chi connectivity index (χ4n) is 2.38. The van der Waals surface area contributed by atoms with Crippen molar-refractivity contribution in [3.63, 3.8) is 0 Å². The first-order chi connectivity index (χ1) is 9.85. The molecule has 0 radical (unpaired) electrons. The lowest BCUT2D eigenvalue weighted by Gasteiger charge is -2.39. The Hall–Kier alpha value is -0.860. The van der Waals surface area contributed by atoms with E-state index >= 15 is 0 Å². The fraction of sp³-hybridized carbons (Fsp3) is 0.769. The second-order valence-electron chi connectivity index (χ2n) is 5.28. The SMILES string of the molecule is Cc1csc(N2CCN(CCOCC(F)(F)F)CC2C)n1. The van der Waals surface area contributed by atoms with E-state index in [1.807, 2.05) is 12.3 Å². The van der Waals surface area contributed by atoms with Gasteiger partial charge in [0.15, 0.2) is 5.13 Å². The van der Waals surface area contributed by atoms with Crippen LogP contribution in [0.3, 0.4) is 0 Å². The Kier molecular flexibility index (Phi) is 5.45. The summed E-state index contributed by atoms with van der Waals surface area (Å²) in [4.78, 5) is 8.88. The van der Waals surface area contributed by atoms with Crippen LogP contribution < -0.4 is 4.90 Å². The largest absolute Gasteiger partial charge is 0.411 e. The minimum absolute atomic E-state index is 0.114. The second-order valence-corrected chi connectivity index (χ2v) is 6.12. The molecule has 1 atom stereocenters. The van der Waals surface area contributed by atoms with E-state index in [-0.39, 0.29) is 6.61 Å². The van der Waals surface area contributed by atoms with E-state index in [4.69, 9.17) is 0 Å². The maximum Gasteiger partial charge on any atom is 0.411 e. The number of anilines is 1. The third-order valence-corrected chi connectivity index (χ3v) is 4.38. The van der Waals surface area contributed by atoms with Gasteiger partial charge < -0.3 is 9.64 Å². The van der Waals surface area contributed by atoms with Crippen molar-refractivity contribution in [2.45, 2.75) is 26.1 Å². The van der Waals surface area contributed by atoms with E-state index in [9.17, 15) is 13.2 Å². The van der Waals surface area contributed by atoms with E-state index in [1.54, 1.807) is 11.3 Å². The van der Waals surface area contributed by atoms with E-state index in [2.05, 4.69) is 26.4 Å². The molecule has 1 aromatic rings. The van der Waals surface area contributed by atoms with Crippen LogP contribution in [0.15, 0.2) is 5.38 Å². The minimum Gasteiger partial charge on any atom is -0.371 e. The first-order valence-electron chi connectivity index (χ1n) is 6.91. The first kappa shape index (κ1) is 16.5. The predicted molar refractivity (Wildman–Crippen MR) is 77.0 cm³/mol. The molecule has 8 heteroatoms. The lowest BCUT2D eigenvalue weighted by molar-refractivity contribution is -0.174. The molecular weight excluding hydrogens is 303 g/mol. The zero-order valence-corrected chi connectivity index (χ0v) is 13.0. The number of ether oxygens (including phenoxy) is 1. The molecule has 1 unspecified atom stereocenters. The molecule has 120 valence electrons. The van der Waals surface area contributed by atoms with Gasteiger partial charge in [-0.3, -0.25) is 4.90 Å². The van der Waals surface area contributed by atoms with Gasteiger partial charge in [0.05, 0.1) is 12.3 Å². The minimum atomic E-state index is -4.24. The fourth-order valence-corrected chi connectivity index (χ4v) is 3.31. The summed E-state index contributed by atoms with van der Waals surface area (Å²) >= 11 is 1.63. The molecule has 0 bridgehead atoms. The van der Waals surface area contributed by atoms with E-state index in [1.165, 1.54) is 0 Å². The molecule has 0 aromatic carbocycles. The van der Waals surface area contributed by atoms with Crippen molar-refractivity contribution in [3.8, 4) is 0 Å². The van der Waals surface area contributed by atoms with Gasteiger partial charge in [0, 0.05) is 37.6 Å². The highest BCUT2D eigenvalue weighted by Crippen LogP contribution is 2.24. The smallest absolute Gasteiger partial charge is 0.371 e. The van der Waals surface area contributed by atoms with Gasteiger partial charge in [0.25, 0.3) is 0 Å². The Labute approximate surface area is 126 Å². The molecule has 0 saturated carbocycles. The number of piperazine rings is 1. The highest BCUT2D eigenvalue weighted by molar-refractivity contribution is 7.13. The summed E-state index contributed by atoms with van der Waals surface area (Å²) in [6.07, 6.45) is -4.24. The van der Waals surface area contributed by atoms with Gasteiger partial charge in [0.2, 0.25) is 0 Å². The number of hydrogen-bond donors (Lipinski definition) is 0. The normalized spacial score (nSPS) is 21.0. The first-order valence-corrected chi connectivity index (χ1v) is 7.79. The molecule has 0 amide bonds. The van der Waals surface area contributed by atoms with Gasteiger partial charge in [-0.25, -0.2) is 4.98 Å². The lowest BCUT2D eigenvalue weighted by atomic mass is 10.2. The van der Waals surface area contributed by atoms with Crippen LogP contribution in [0.25, 0.3) is 0 Å². The Morgan fingerprint density at radius 1 is 1.43 bits per heavy atom. The van der Waals surface area contributed by atoms with Gasteiger partial charge in [-0.05, 0) is 13.8 Å². The molecule has 1 aliphatic heterocycles. The highest BCUT2D eigenvalue weighted by Gasteiger charge is 2.28. The van der Waals surface area contributed by atoms with Gasteiger partial charge in [0.1, 0.15) is 6.61 Å². The van der Waals surface area contributed by atoms with E-state index in [0.717, 1.165) is 30.5 Å². The topological polar surface area (TPSA) is 28.6 Å².